The van der Waals surface area contributed by atoms with Crippen LogP contribution in [0.4, 0.5) is 14.5 Å². The minimum absolute atomic E-state index is 0.329. The molecule has 2 rings (SSSR count). The number of halogens is 2. The maximum absolute atomic E-state index is 13.9. The number of aryl methyl sites for hydroxylation is 1. The molecule has 0 aliphatic heterocycles. The zero-order valence-electron chi connectivity index (χ0n) is 13.5. The maximum Gasteiger partial charge on any atom is 0.314 e. The standard InChI is InChI=1S/C16H15F2NO6S/c1-10-2-4-11(5-3-10)12(9-25-26(22)23)8-24-16-14(19(20)21)7-6-13(17)15(16)18/h2-7,12H,8-9H2,1H3,(H,22,23)/p-1. The summed E-state index contributed by atoms with van der Waals surface area (Å²) in [6, 6.07) is 8.33. The number of nitro benzene ring substituents is 1. The first kappa shape index (κ1) is 19.9. The minimum atomic E-state index is -2.78. The van der Waals surface area contributed by atoms with Crippen LogP contribution in [0.2, 0.25) is 0 Å². The van der Waals surface area contributed by atoms with Crippen molar-refractivity contribution in [3.63, 3.8) is 0 Å². The van der Waals surface area contributed by atoms with Crippen molar-refractivity contribution in [2.75, 3.05) is 13.2 Å². The van der Waals surface area contributed by atoms with E-state index in [4.69, 9.17) is 4.74 Å². The van der Waals surface area contributed by atoms with Gasteiger partial charge in [-0.3, -0.25) is 10.1 Å². The van der Waals surface area contributed by atoms with Crippen molar-refractivity contribution in [2.45, 2.75) is 12.8 Å². The predicted octanol–water partition coefficient (Wildman–Crippen LogP) is 3.15. The molecule has 0 N–H and O–H groups in total. The molecule has 2 atom stereocenters. The molecule has 0 radical (unpaired) electrons. The van der Waals surface area contributed by atoms with Crippen LogP contribution >= 0.6 is 0 Å². The second-order valence-corrected chi connectivity index (χ2v) is 6.02. The van der Waals surface area contributed by atoms with Crippen molar-refractivity contribution < 1.29 is 31.4 Å². The first-order valence-electron chi connectivity index (χ1n) is 7.34. The van der Waals surface area contributed by atoms with Gasteiger partial charge in [-0.25, -0.2) is 8.60 Å². The van der Waals surface area contributed by atoms with Crippen LogP contribution in [0.25, 0.3) is 0 Å². The van der Waals surface area contributed by atoms with Gasteiger partial charge in [0.15, 0.2) is 5.82 Å². The van der Waals surface area contributed by atoms with Crippen LogP contribution in [-0.2, 0) is 15.5 Å². The summed E-state index contributed by atoms with van der Waals surface area (Å²) in [5.74, 6) is -4.32. The van der Waals surface area contributed by atoms with Crippen LogP contribution < -0.4 is 4.74 Å². The van der Waals surface area contributed by atoms with E-state index in [9.17, 15) is 27.7 Å². The van der Waals surface area contributed by atoms with E-state index in [-0.39, 0.29) is 13.2 Å². The third-order valence-electron chi connectivity index (χ3n) is 3.57. The van der Waals surface area contributed by atoms with E-state index in [0.717, 1.165) is 11.6 Å². The number of hydrogen-bond acceptors (Lipinski definition) is 6. The van der Waals surface area contributed by atoms with Gasteiger partial charge in [0.05, 0.1) is 29.5 Å². The highest BCUT2D eigenvalue weighted by Gasteiger charge is 2.25. The fraction of sp³-hybridized carbons (Fsp3) is 0.250. The SMILES string of the molecule is Cc1ccc(C(COc2c([N+](=O)[O-])ccc(F)c2F)COS(=O)[O-])cc1. The number of nitrogens with zero attached hydrogens (tertiary/aromatic N) is 1. The Labute approximate surface area is 150 Å². The largest absolute Gasteiger partial charge is 0.750 e. The Hall–Kier alpha value is -2.43. The van der Waals surface area contributed by atoms with Gasteiger partial charge in [0.1, 0.15) is 0 Å². The van der Waals surface area contributed by atoms with Gasteiger partial charge in [-0.2, -0.15) is 4.39 Å². The van der Waals surface area contributed by atoms with Gasteiger partial charge < -0.3 is 13.5 Å². The van der Waals surface area contributed by atoms with E-state index in [1.54, 1.807) is 24.3 Å². The van der Waals surface area contributed by atoms with Crippen LogP contribution in [0.15, 0.2) is 36.4 Å². The molecule has 0 heterocycles. The second-order valence-electron chi connectivity index (χ2n) is 5.37. The zero-order valence-corrected chi connectivity index (χ0v) is 14.3. The van der Waals surface area contributed by atoms with Crippen LogP contribution in [0, 0.1) is 28.7 Å². The number of benzene rings is 2. The first-order valence-corrected chi connectivity index (χ1v) is 8.34. The average Bonchev–Trinajstić information content (AvgIpc) is 2.59. The molecule has 2 aromatic carbocycles. The second kappa shape index (κ2) is 8.79. The van der Waals surface area contributed by atoms with E-state index in [1.165, 1.54) is 0 Å². The van der Waals surface area contributed by atoms with Gasteiger partial charge in [0, 0.05) is 12.0 Å². The van der Waals surface area contributed by atoms with Gasteiger partial charge in [0.2, 0.25) is 11.6 Å². The highest BCUT2D eigenvalue weighted by molar-refractivity contribution is 7.74. The molecule has 140 valence electrons. The lowest BCUT2D eigenvalue weighted by molar-refractivity contribution is -0.386. The summed E-state index contributed by atoms with van der Waals surface area (Å²) in [6.45, 7) is 1.16. The molecule has 2 aromatic rings. The van der Waals surface area contributed by atoms with Crippen LogP contribution in [0.5, 0.6) is 5.75 Å². The zero-order chi connectivity index (χ0) is 19.3. The van der Waals surface area contributed by atoms with Gasteiger partial charge in [-0.1, -0.05) is 29.8 Å². The van der Waals surface area contributed by atoms with Gasteiger partial charge in [0.25, 0.3) is 0 Å². The van der Waals surface area contributed by atoms with Crippen LogP contribution in [0.3, 0.4) is 0 Å². The van der Waals surface area contributed by atoms with Gasteiger partial charge in [-0.15, -0.1) is 0 Å². The normalized spacial score (nSPS) is 13.2. The van der Waals surface area contributed by atoms with Crippen LogP contribution in [0.1, 0.15) is 17.0 Å². The van der Waals surface area contributed by atoms with Gasteiger partial charge >= 0.3 is 5.69 Å². The maximum atomic E-state index is 13.9. The van der Waals surface area contributed by atoms with Crippen molar-refractivity contribution >= 4 is 17.0 Å². The molecule has 0 amide bonds. The summed E-state index contributed by atoms with van der Waals surface area (Å²) in [7, 11) is 0. The van der Waals surface area contributed by atoms with E-state index in [0.29, 0.717) is 11.6 Å². The molecule has 0 bridgehead atoms. The molecular weight excluding hydrogens is 372 g/mol. The Bertz CT molecular complexity index is 815. The van der Waals surface area contributed by atoms with E-state index in [2.05, 4.69) is 4.18 Å². The van der Waals surface area contributed by atoms with Crippen molar-refractivity contribution in [3.8, 4) is 5.75 Å². The fourth-order valence-corrected chi connectivity index (χ4v) is 2.48. The molecular formula is C16H14F2NO6S-. The van der Waals surface area contributed by atoms with Gasteiger partial charge in [-0.05, 0) is 18.6 Å². The first-order chi connectivity index (χ1) is 12.3. The molecule has 0 saturated carbocycles. The molecule has 26 heavy (non-hydrogen) atoms. The lowest BCUT2D eigenvalue weighted by Gasteiger charge is -2.19. The summed E-state index contributed by atoms with van der Waals surface area (Å²) < 4.78 is 58.3. The Morgan fingerprint density at radius 3 is 2.38 bits per heavy atom. The lowest BCUT2D eigenvalue weighted by atomic mass is 10.00. The monoisotopic (exact) mass is 386 g/mol. The summed E-state index contributed by atoms with van der Waals surface area (Å²) >= 11 is -2.78. The number of rotatable bonds is 8. The molecule has 0 aliphatic rings. The number of nitro groups is 1. The molecule has 0 aliphatic carbocycles. The summed E-state index contributed by atoms with van der Waals surface area (Å²) in [4.78, 5) is 10.1. The Balaban J connectivity index is 2.26. The van der Waals surface area contributed by atoms with E-state index < -0.39 is 45.3 Å². The number of ether oxygens (including phenoxy) is 1. The smallest absolute Gasteiger partial charge is 0.314 e. The third kappa shape index (κ3) is 5.04. The van der Waals surface area contributed by atoms with Crippen LogP contribution in [-0.4, -0.2) is 26.9 Å². The highest BCUT2D eigenvalue weighted by atomic mass is 32.2. The Morgan fingerprint density at radius 2 is 1.81 bits per heavy atom. The highest BCUT2D eigenvalue weighted by Crippen LogP contribution is 2.32. The third-order valence-corrected chi connectivity index (χ3v) is 3.90. The minimum Gasteiger partial charge on any atom is -0.750 e. The summed E-state index contributed by atoms with van der Waals surface area (Å²) in [6.07, 6.45) is 0. The lowest BCUT2D eigenvalue weighted by Crippen LogP contribution is -2.18. The molecule has 0 saturated heterocycles. The quantitative estimate of drug-likeness (QED) is 0.392. The van der Waals surface area contributed by atoms with Crippen molar-refractivity contribution in [1.29, 1.82) is 0 Å². The summed E-state index contributed by atoms with van der Waals surface area (Å²) in [5.41, 5.74) is 0.828. The van der Waals surface area contributed by atoms with Crippen molar-refractivity contribution in [3.05, 3.63) is 69.3 Å². The molecule has 2 unspecified atom stereocenters. The van der Waals surface area contributed by atoms with E-state index in [1.807, 2.05) is 6.92 Å². The summed E-state index contributed by atoms with van der Waals surface area (Å²) in [5, 5.41) is 11.0. The molecule has 0 fully saturated rings. The fourth-order valence-electron chi connectivity index (χ4n) is 2.20. The molecule has 7 nitrogen and oxygen atoms in total. The molecule has 0 aromatic heterocycles. The average molecular weight is 386 g/mol. The molecule has 10 heteroatoms. The number of hydrogen-bond donors (Lipinski definition) is 0. The van der Waals surface area contributed by atoms with E-state index >= 15 is 0 Å². The predicted molar refractivity (Wildman–Crippen MR) is 87.3 cm³/mol. The topological polar surface area (TPSA) is 102 Å². The Morgan fingerprint density at radius 1 is 1.15 bits per heavy atom. The van der Waals surface area contributed by atoms with Crippen molar-refractivity contribution in [1.82, 2.24) is 0 Å². The Kier molecular flexibility index (Phi) is 6.72. The molecule has 0 spiro atoms. The van der Waals surface area contributed by atoms with Crippen molar-refractivity contribution in [2.24, 2.45) is 0 Å².